The van der Waals surface area contributed by atoms with Crippen molar-refractivity contribution >= 4 is 23.7 Å². The molecule has 10 heteroatoms. The molecule has 0 aliphatic carbocycles. The lowest BCUT2D eigenvalue weighted by molar-refractivity contribution is -0.141. The second kappa shape index (κ2) is 10.8. The number of hydrogen-bond donors (Lipinski definition) is 1. The third-order valence-corrected chi connectivity index (χ3v) is 4.94. The van der Waals surface area contributed by atoms with Crippen molar-refractivity contribution in [1.29, 1.82) is 0 Å². The maximum atomic E-state index is 12.7. The predicted octanol–water partition coefficient (Wildman–Crippen LogP) is 5.56. The molecule has 1 aromatic heterocycles. The monoisotopic (exact) mass is 488 g/mol. The first kappa shape index (κ1) is 25.4. The summed E-state index contributed by atoms with van der Waals surface area (Å²) in [5.74, 6) is 1.22. The number of rotatable bonds is 8. The van der Waals surface area contributed by atoms with Gasteiger partial charge in [0.25, 0.3) is 5.91 Å². The number of anilines is 1. The van der Waals surface area contributed by atoms with E-state index in [9.17, 15) is 18.0 Å². The second-order valence-electron chi connectivity index (χ2n) is 7.14. The second-order valence-corrected chi connectivity index (χ2v) is 7.14. The molecular formula is C25H23F3N2O5. The van der Waals surface area contributed by atoms with Crippen LogP contribution >= 0.6 is 0 Å². The Labute approximate surface area is 200 Å². The van der Waals surface area contributed by atoms with Crippen molar-refractivity contribution in [3.63, 3.8) is 0 Å². The van der Waals surface area contributed by atoms with Gasteiger partial charge >= 0.3 is 6.18 Å². The van der Waals surface area contributed by atoms with E-state index in [0.717, 1.165) is 29.5 Å². The van der Waals surface area contributed by atoms with E-state index in [1.165, 1.54) is 28.4 Å². The van der Waals surface area contributed by atoms with Gasteiger partial charge in [0.05, 0.1) is 39.7 Å². The van der Waals surface area contributed by atoms with E-state index in [1.807, 2.05) is 6.08 Å². The molecule has 0 saturated heterocycles. The van der Waals surface area contributed by atoms with Crippen LogP contribution in [0.4, 0.5) is 18.9 Å². The largest absolute Gasteiger partial charge is 0.495 e. The van der Waals surface area contributed by atoms with Crippen LogP contribution in [0.3, 0.4) is 0 Å². The summed E-state index contributed by atoms with van der Waals surface area (Å²) in [6, 6.07) is 10.5. The van der Waals surface area contributed by atoms with Crippen LogP contribution in [-0.4, -0.2) is 39.3 Å². The Balaban J connectivity index is 1.85. The Hall–Kier alpha value is -4.21. The minimum Gasteiger partial charge on any atom is -0.495 e. The number of carbonyl (C=O) groups excluding carboxylic acids is 1. The lowest BCUT2D eigenvalue weighted by Gasteiger charge is -2.13. The van der Waals surface area contributed by atoms with Crippen molar-refractivity contribution in [1.82, 2.24) is 4.98 Å². The molecule has 0 radical (unpaired) electrons. The number of nitrogens with one attached hydrogen (secondary N) is 1. The number of halogens is 3. The van der Waals surface area contributed by atoms with Crippen LogP contribution < -0.4 is 24.3 Å². The molecular weight excluding hydrogens is 465 g/mol. The van der Waals surface area contributed by atoms with Gasteiger partial charge in [-0.2, -0.15) is 13.2 Å². The molecule has 0 aliphatic heterocycles. The van der Waals surface area contributed by atoms with Crippen molar-refractivity contribution in [2.24, 2.45) is 0 Å². The number of ether oxygens (including phenoxy) is 4. The van der Waals surface area contributed by atoms with Crippen molar-refractivity contribution < 1.29 is 36.9 Å². The van der Waals surface area contributed by atoms with E-state index in [1.54, 1.807) is 36.4 Å². The Morgan fingerprint density at radius 3 is 1.97 bits per heavy atom. The Morgan fingerprint density at radius 1 is 0.829 bits per heavy atom. The highest BCUT2D eigenvalue weighted by Gasteiger charge is 2.32. The average Bonchev–Trinajstić information content (AvgIpc) is 2.86. The van der Waals surface area contributed by atoms with Gasteiger partial charge in [0.1, 0.15) is 11.4 Å². The van der Waals surface area contributed by atoms with E-state index in [0.29, 0.717) is 28.7 Å². The number of alkyl halides is 3. The molecule has 1 N–H and O–H groups in total. The standard InChI is InChI=1S/C25H23F3N2O5/c1-32-19-9-7-15(5-6-16-12-20(33-2)23(35-4)21(13-16)34-3)11-18(19)30-24(31)17-8-10-22(29-14-17)25(26,27)28/h5-14H,1-4H3,(H,30,31). The Kier molecular flexibility index (Phi) is 7.85. The number of pyridine rings is 1. The number of nitrogens with zero attached hydrogens (tertiary/aromatic N) is 1. The topological polar surface area (TPSA) is 78.9 Å². The van der Waals surface area contributed by atoms with Gasteiger partial charge in [0, 0.05) is 6.20 Å². The Morgan fingerprint density at radius 2 is 1.46 bits per heavy atom. The number of carbonyl (C=O) groups is 1. The molecule has 1 heterocycles. The molecule has 184 valence electrons. The fourth-order valence-electron chi connectivity index (χ4n) is 3.21. The fraction of sp³-hybridized carbons (Fsp3) is 0.200. The van der Waals surface area contributed by atoms with Gasteiger partial charge in [-0.15, -0.1) is 0 Å². The minimum atomic E-state index is -4.59. The lowest BCUT2D eigenvalue weighted by atomic mass is 10.1. The summed E-state index contributed by atoms with van der Waals surface area (Å²) in [6.45, 7) is 0. The maximum absolute atomic E-state index is 12.7. The summed E-state index contributed by atoms with van der Waals surface area (Å²) >= 11 is 0. The normalized spacial score (nSPS) is 11.3. The number of methoxy groups -OCH3 is 4. The number of aromatic nitrogens is 1. The van der Waals surface area contributed by atoms with Gasteiger partial charge in [-0.25, -0.2) is 0 Å². The first-order valence-corrected chi connectivity index (χ1v) is 10.2. The van der Waals surface area contributed by atoms with Gasteiger partial charge in [-0.3, -0.25) is 9.78 Å². The van der Waals surface area contributed by atoms with Crippen molar-refractivity contribution in [2.45, 2.75) is 6.18 Å². The summed E-state index contributed by atoms with van der Waals surface area (Å²) in [6.07, 6.45) is -0.0945. The van der Waals surface area contributed by atoms with Gasteiger partial charge in [0.15, 0.2) is 11.5 Å². The van der Waals surface area contributed by atoms with Crippen molar-refractivity contribution in [3.8, 4) is 23.0 Å². The van der Waals surface area contributed by atoms with Crippen molar-refractivity contribution in [3.05, 3.63) is 71.0 Å². The smallest absolute Gasteiger partial charge is 0.433 e. The van der Waals surface area contributed by atoms with Crippen LogP contribution in [0.25, 0.3) is 12.2 Å². The molecule has 0 saturated carbocycles. The molecule has 0 bridgehead atoms. The highest BCUT2D eigenvalue weighted by atomic mass is 19.4. The maximum Gasteiger partial charge on any atom is 0.433 e. The zero-order valence-corrected chi connectivity index (χ0v) is 19.4. The quantitative estimate of drug-likeness (QED) is 0.419. The summed E-state index contributed by atoms with van der Waals surface area (Å²) in [5.41, 5.74) is 0.727. The number of amides is 1. The molecule has 3 rings (SSSR count). The number of hydrogen-bond acceptors (Lipinski definition) is 6. The van der Waals surface area contributed by atoms with Crippen LogP contribution in [0.2, 0.25) is 0 Å². The molecule has 0 fully saturated rings. The van der Waals surface area contributed by atoms with Crippen LogP contribution in [0.15, 0.2) is 48.7 Å². The van der Waals surface area contributed by atoms with Gasteiger partial charge < -0.3 is 24.3 Å². The zero-order chi connectivity index (χ0) is 25.6. The molecule has 3 aromatic rings. The van der Waals surface area contributed by atoms with Crippen molar-refractivity contribution in [2.75, 3.05) is 33.8 Å². The highest BCUT2D eigenvalue weighted by molar-refractivity contribution is 6.05. The van der Waals surface area contributed by atoms with Crippen LogP contribution in [0.1, 0.15) is 27.2 Å². The first-order valence-electron chi connectivity index (χ1n) is 10.2. The highest BCUT2D eigenvalue weighted by Crippen LogP contribution is 2.38. The molecule has 1 amide bonds. The van der Waals surface area contributed by atoms with E-state index in [2.05, 4.69) is 10.3 Å². The van der Waals surface area contributed by atoms with E-state index in [4.69, 9.17) is 18.9 Å². The van der Waals surface area contributed by atoms with E-state index >= 15 is 0 Å². The third-order valence-electron chi connectivity index (χ3n) is 4.94. The van der Waals surface area contributed by atoms with Gasteiger partial charge in [-0.05, 0) is 47.5 Å². The van der Waals surface area contributed by atoms with Crippen LogP contribution in [-0.2, 0) is 6.18 Å². The number of benzene rings is 2. The zero-order valence-electron chi connectivity index (χ0n) is 19.4. The SMILES string of the molecule is COc1ccc(C=Cc2cc(OC)c(OC)c(OC)c2)cc1NC(=O)c1ccc(C(F)(F)F)nc1. The van der Waals surface area contributed by atoms with Gasteiger partial charge in [-0.1, -0.05) is 18.2 Å². The summed E-state index contributed by atoms with van der Waals surface area (Å²) in [4.78, 5) is 15.9. The average molecular weight is 488 g/mol. The van der Waals surface area contributed by atoms with E-state index < -0.39 is 17.8 Å². The fourth-order valence-corrected chi connectivity index (χ4v) is 3.21. The molecule has 0 atom stereocenters. The summed E-state index contributed by atoms with van der Waals surface area (Å²) < 4.78 is 59.5. The summed E-state index contributed by atoms with van der Waals surface area (Å²) in [7, 11) is 6.00. The molecule has 7 nitrogen and oxygen atoms in total. The first-order chi connectivity index (χ1) is 16.7. The predicted molar refractivity (Wildman–Crippen MR) is 125 cm³/mol. The molecule has 0 spiro atoms. The molecule has 35 heavy (non-hydrogen) atoms. The van der Waals surface area contributed by atoms with Crippen LogP contribution in [0, 0.1) is 0 Å². The summed E-state index contributed by atoms with van der Waals surface area (Å²) in [5, 5.41) is 2.65. The molecule has 0 aliphatic rings. The molecule has 2 aromatic carbocycles. The third kappa shape index (κ3) is 6.03. The van der Waals surface area contributed by atoms with E-state index in [-0.39, 0.29) is 5.56 Å². The van der Waals surface area contributed by atoms with Gasteiger partial charge in [0.2, 0.25) is 5.75 Å². The van der Waals surface area contributed by atoms with Crippen LogP contribution in [0.5, 0.6) is 23.0 Å². The minimum absolute atomic E-state index is 0.0292. The lowest BCUT2D eigenvalue weighted by Crippen LogP contribution is -2.14. The Bertz CT molecular complexity index is 1200. The molecule has 0 unspecified atom stereocenters.